The van der Waals surface area contributed by atoms with Gasteiger partial charge in [0.25, 0.3) is 0 Å². The van der Waals surface area contributed by atoms with Gasteiger partial charge in [0.05, 0.1) is 30.8 Å². The van der Waals surface area contributed by atoms with Crippen LogP contribution in [0.2, 0.25) is 10.0 Å². The average Bonchev–Trinajstić information content (AvgIpc) is 3.26. The second-order valence-electron chi connectivity index (χ2n) is 7.41. The largest absolute Gasteiger partial charge is 0.497 e. The third-order valence-corrected chi connectivity index (χ3v) is 6.58. The predicted octanol–water partition coefficient (Wildman–Crippen LogP) is 5.73. The monoisotopic (exact) mass is 512 g/mol. The maximum absolute atomic E-state index is 12.6. The Labute approximate surface area is 212 Å². The van der Waals surface area contributed by atoms with E-state index >= 15 is 0 Å². The predicted molar refractivity (Wildman–Crippen MR) is 136 cm³/mol. The Morgan fingerprint density at radius 1 is 1.00 bits per heavy atom. The Kier molecular flexibility index (Phi) is 8.11. The number of carbonyl (C=O) groups excluding carboxylic acids is 1. The molecule has 1 aromatic heterocycles. The summed E-state index contributed by atoms with van der Waals surface area (Å²) in [7, 11) is 1.61. The molecule has 0 aliphatic rings. The normalized spacial score (nSPS) is 10.8. The van der Waals surface area contributed by atoms with Gasteiger partial charge in [-0.2, -0.15) is 0 Å². The number of aromatic nitrogens is 3. The molecule has 4 aromatic rings. The number of rotatable bonds is 9. The Balaban J connectivity index is 1.53. The highest BCUT2D eigenvalue weighted by atomic mass is 35.5. The van der Waals surface area contributed by atoms with Crippen LogP contribution in [0.4, 0.5) is 0 Å². The highest BCUT2D eigenvalue weighted by Gasteiger charge is 2.18. The molecule has 4 rings (SSSR count). The first-order valence-electron chi connectivity index (χ1n) is 10.5. The number of methoxy groups -OCH3 is 1. The van der Waals surface area contributed by atoms with Crippen molar-refractivity contribution >= 4 is 40.9 Å². The average molecular weight is 513 g/mol. The summed E-state index contributed by atoms with van der Waals surface area (Å²) in [4.78, 5) is 12.6. The van der Waals surface area contributed by atoms with Crippen LogP contribution in [0.1, 0.15) is 17.0 Å². The molecule has 0 aliphatic heterocycles. The van der Waals surface area contributed by atoms with Crippen molar-refractivity contribution < 1.29 is 9.53 Å². The van der Waals surface area contributed by atoms with Crippen molar-refractivity contribution in [3.05, 3.63) is 99.8 Å². The molecule has 0 fully saturated rings. The van der Waals surface area contributed by atoms with Crippen molar-refractivity contribution in [1.82, 2.24) is 20.1 Å². The van der Waals surface area contributed by atoms with Gasteiger partial charge < -0.3 is 10.1 Å². The fourth-order valence-corrected chi connectivity index (χ4v) is 4.59. The SMILES string of the molecule is COc1ccc(CC(=O)NCc2nnc(SCc3ccccc3)n2-c2cc(Cl)ccc2Cl)cc1. The second kappa shape index (κ2) is 11.4. The molecule has 0 radical (unpaired) electrons. The van der Waals surface area contributed by atoms with E-state index in [-0.39, 0.29) is 18.9 Å². The number of benzene rings is 3. The molecule has 34 heavy (non-hydrogen) atoms. The molecular formula is C25H22Cl2N4O2S. The minimum Gasteiger partial charge on any atom is -0.497 e. The van der Waals surface area contributed by atoms with Crippen molar-refractivity contribution in [3.8, 4) is 11.4 Å². The first-order valence-corrected chi connectivity index (χ1v) is 12.2. The lowest BCUT2D eigenvalue weighted by molar-refractivity contribution is -0.120. The summed E-state index contributed by atoms with van der Waals surface area (Å²) < 4.78 is 7.01. The van der Waals surface area contributed by atoms with E-state index in [0.717, 1.165) is 16.9 Å². The molecule has 0 unspecified atom stereocenters. The van der Waals surface area contributed by atoms with Crippen LogP contribution in [-0.4, -0.2) is 27.8 Å². The minimum atomic E-state index is -0.129. The number of hydrogen-bond donors (Lipinski definition) is 1. The van der Waals surface area contributed by atoms with Crippen LogP contribution in [0, 0.1) is 0 Å². The Morgan fingerprint density at radius 3 is 2.50 bits per heavy atom. The third kappa shape index (κ3) is 6.11. The van der Waals surface area contributed by atoms with E-state index in [0.29, 0.717) is 32.5 Å². The van der Waals surface area contributed by atoms with Crippen molar-refractivity contribution in [2.24, 2.45) is 0 Å². The smallest absolute Gasteiger partial charge is 0.224 e. The van der Waals surface area contributed by atoms with Gasteiger partial charge in [-0.15, -0.1) is 10.2 Å². The zero-order valence-corrected chi connectivity index (χ0v) is 20.7. The van der Waals surface area contributed by atoms with Crippen molar-refractivity contribution in [3.63, 3.8) is 0 Å². The number of carbonyl (C=O) groups is 1. The van der Waals surface area contributed by atoms with Crippen LogP contribution in [-0.2, 0) is 23.5 Å². The van der Waals surface area contributed by atoms with Gasteiger partial charge in [-0.3, -0.25) is 9.36 Å². The Hall–Kier alpha value is -3.00. The molecule has 174 valence electrons. The standard InChI is InChI=1S/C25H22Cl2N4O2S/c1-33-20-10-7-17(8-11-20)13-24(32)28-15-23-29-30-25(34-16-18-5-3-2-4-6-18)31(23)22-14-19(26)9-12-21(22)27/h2-12,14H,13,15-16H2,1H3,(H,28,32). The molecule has 0 aliphatic carbocycles. The van der Waals surface area contributed by atoms with E-state index in [2.05, 4.69) is 27.6 Å². The molecule has 1 N–H and O–H groups in total. The van der Waals surface area contributed by atoms with E-state index < -0.39 is 0 Å². The van der Waals surface area contributed by atoms with E-state index in [1.54, 1.807) is 25.3 Å². The molecule has 0 bridgehead atoms. The van der Waals surface area contributed by atoms with Crippen LogP contribution in [0.3, 0.4) is 0 Å². The molecule has 3 aromatic carbocycles. The van der Waals surface area contributed by atoms with Gasteiger partial charge in [0.15, 0.2) is 11.0 Å². The minimum absolute atomic E-state index is 0.129. The zero-order chi connectivity index (χ0) is 23.9. The number of amides is 1. The molecule has 9 heteroatoms. The number of nitrogens with zero attached hydrogens (tertiary/aromatic N) is 3. The maximum atomic E-state index is 12.6. The van der Waals surface area contributed by atoms with Crippen LogP contribution in [0.15, 0.2) is 78.0 Å². The molecule has 0 saturated heterocycles. The summed E-state index contributed by atoms with van der Waals surface area (Å²) in [5.74, 6) is 1.88. The van der Waals surface area contributed by atoms with E-state index in [4.69, 9.17) is 27.9 Å². The summed E-state index contributed by atoms with van der Waals surface area (Å²) in [6.45, 7) is 0.191. The number of ether oxygens (including phenoxy) is 1. The summed E-state index contributed by atoms with van der Waals surface area (Å²) in [6, 6.07) is 22.7. The van der Waals surface area contributed by atoms with Gasteiger partial charge in [0.1, 0.15) is 5.75 Å². The van der Waals surface area contributed by atoms with E-state index in [9.17, 15) is 4.79 Å². The maximum Gasteiger partial charge on any atom is 0.224 e. The van der Waals surface area contributed by atoms with Crippen LogP contribution < -0.4 is 10.1 Å². The van der Waals surface area contributed by atoms with Crippen molar-refractivity contribution in [2.45, 2.75) is 23.9 Å². The quantitative estimate of drug-likeness (QED) is 0.290. The second-order valence-corrected chi connectivity index (χ2v) is 9.19. The number of nitrogens with one attached hydrogen (secondary N) is 1. The summed E-state index contributed by atoms with van der Waals surface area (Å²) in [5.41, 5.74) is 2.71. The molecule has 0 saturated carbocycles. The van der Waals surface area contributed by atoms with Crippen LogP contribution >= 0.6 is 35.0 Å². The van der Waals surface area contributed by atoms with Crippen LogP contribution in [0.5, 0.6) is 5.75 Å². The third-order valence-electron chi connectivity index (χ3n) is 5.03. The lowest BCUT2D eigenvalue weighted by atomic mass is 10.1. The lowest BCUT2D eigenvalue weighted by Crippen LogP contribution is -2.26. The highest BCUT2D eigenvalue weighted by Crippen LogP contribution is 2.31. The number of hydrogen-bond acceptors (Lipinski definition) is 5. The molecule has 0 spiro atoms. The first-order chi connectivity index (χ1) is 16.5. The molecule has 6 nitrogen and oxygen atoms in total. The number of halogens is 2. The fraction of sp³-hybridized carbons (Fsp3) is 0.160. The van der Waals surface area contributed by atoms with Crippen LogP contribution in [0.25, 0.3) is 5.69 Å². The summed E-state index contributed by atoms with van der Waals surface area (Å²) >= 11 is 14.3. The first kappa shape index (κ1) is 24.1. The van der Waals surface area contributed by atoms with Crippen molar-refractivity contribution in [2.75, 3.05) is 7.11 Å². The highest BCUT2D eigenvalue weighted by molar-refractivity contribution is 7.98. The molecule has 1 heterocycles. The lowest BCUT2D eigenvalue weighted by Gasteiger charge is -2.13. The van der Waals surface area contributed by atoms with Gasteiger partial charge >= 0.3 is 0 Å². The van der Waals surface area contributed by atoms with Gasteiger partial charge in [0, 0.05) is 10.8 Å². The van der Waals surface area contributed by atoms with Gasteiger partial charge in [-0.05, 0) is 41.5 Å². The topological polar surface area (TPSA) is 69.0 Å². The molecular weight excluding hydrogens is 491 g/mol. The fourth-order valence-electron chi connectivity index (χ4n) is 3.30. The van der Waals surface area contributed by atoms with Gasteiger partial charge in [-0.25, -0.2) is 0 Å². The van der Waals surface area contributed by atoms with E-state index in [1.165, 1.54) is 11.8 Å². The van der Waals surface area contributed by atoms with Crippen molar-refractivity contribution in [1.29, 1.82) is 0 Å². The van der Waals surface area contributed by atoms with Gasteiger partial charge in [-0.1, -0.05) is 77.4 Å². The molecule has 1 amide bonds. The summed E-state index contributed by atoms with van der Waals surface area (Å²) in [5, 5.41) is 13.3. The van der Waals surface area contributed by atoms with E-state index in [1.807, 2.05) is 47.0 Å². The Bertz CT molecular complexity index is 1260. The number of thioether (sulfide) groups is 1. The zero-order valence-electron chi connectivity index (χ0n) is 18.4. The van der Waals surface area contributed by atoms with Gasteiger partial charge in [0.2, 0.25) is 5.91 Å². The summed E-state index contributed by atoms with van der Waals surface area (Å²) in [6.07, 6.45) is 0.242. The Morgan fingerprint density at radius 2 is 1.76 bits per heavy atom. The molecule has 0 atom stereocenters.